The molecule has 1 aromatic rings. The zero-order chi connectivity index (χ0) is 19.5. The third-order valence-corrected chi connectivity index (χ3v) is 5.98. The smallest absolute Gasteiger partial charge is 0.410 e. The highest BCUT2D eigenvalue weighted by Crippen LogP contribution is 2.30. The van der Waals surface area contributed by atoms with Crippen molar-refractivity contribution in [3.05, 3.63) is 18.3 Å². The maximum atomic E-state index is 14.8. The number of carbonyl (C=O) groups excluding carboxylic acids is 1. The molecule has 1 fully saturated rings. The maximum absolute atomic E-state index is 14.8. The van der Waals surface area contributed by atoms with E-state index in [9.17, 15) is 17.6 Å². The van der Waals surface area contributed by atoms with Crippen molar-refractivity contribution in [2.45, 2.75) is 49.6 Å². The summed E-state index contributed by atoms with van der Waals surface area (Å²) in [5.41, 5.74) is -2.65. The Morgan fingerprint density at radius 2 is 1.92 bits per heavy atom. The molecule has 146 valence electrons. The lowest BCUT2D eigenvalue weighted by Crippen LogP contribution is -2.44. The topological polar surface area (TPSA) is 85.8 Å². The van der Waals surface area contributed by atoms with Gasteiger partial charge in [-0.1, -0.05) is 0 Å². The number of piperidine rings is 1. The van der Waals surface area contributed by atoms with Crippen LogP contribution in [0.3, 0.4) is 0 Å². The minimum atomic E-state index is -4.15. The molecular weight excluding hydrogens is 363 g/mol. The molecule has 0 aliphatic carbocycles. The van der Waals surface area contributed by atoms with Crippen LogP contribution in [0.5, 0.6) is 5.88 Å². The van der Waals surface area contributed by atoms with Crippen LogP contribution in [0, 0.1) is 5.92 Å². The molecular formula is C17H25FN2O5S. The van der Waals surface area contributed by atoms with Gasteiger partial charge in [-0.05, 0) is 39.7 Å². The van der Waals surface area contributed by atoms with Gasteiger partial charge in [0.2, 0.25) is 21.2 Å². The van der Waals surface area contributed by atoms with Gasteiger partial charge in [-0.15, -0.1) is 0 Å². The minimum absolute atomic E-state index is 0.180. The number of methoxy groups -OCH3 is 1. The van der Waals surface area contributed by atoms with Crippen LogP contribution in [-0.4, -0.2) is 55.7 Å². The van der Waals surface area contributed by atoms with Gasteiger partial charge >= 0.3 is 6.09 Å². The molecule has 9 heteroatoms. The Labute approximate surface area is 153 Å². The van der Waals surface area contributed by atoms with Crippen LogP contribution in [0.15, 0.2) is 23.2 Å². The molecule has 1 aromatic heterocycles. The Morgan fingerprint density at radius 3 is 2.38 bits per heavy atom. The van der Waals surface area contributed by atoms with Crippen LogP contribution in [0.1, 0.15) is 33.6 Å². The van der Waals surface area contributed by atoms with Gasteiger partial charge in [0.25, 0.3) is 0 Å². The number of hydrogen-bond donors (Lipinski definition) is 0. The van der Waals surface area contributed by atoms with Crippen molar-refractivity contribution < 1.29 is 27.1 Å². The van der Waals surface area contributed by atoms with E-state index in [2.05, 4.69) is 4.98 Å². The Bertz CT molecular complexity index is 723. The zero-order valence-electron chi connectivity index (χ0n) is 15.4. The molecule has 1 aliphatic heterocycles. The fourth-order valence-electron chi connectivity index (χ4n) is 2.71. The Morgan fingerprint density at radius 1 is 1.31 bits per heavy atom. The average molecular weight is 388 g/mol. The quantitative estimate of drug-likeness (QED) is 0.788. The highest BCUT2D eigenvalue weighted by atomic mass is 32.2. The van der Waals surface area contributed by atoms with Crippen LogP contribution < -0.4 is 4.74 Å². The molecule has 26 heavy (non-hydrogen) atoms. The van der Waals surface area contributed by atoms with Gasteiger partial charge in [-0.3, -0.25) is 0 Å². The highest BCUT2D eigenvalue weighted by Gasteiger charge is 2.38. The van der Waals surface area contributed by atoms with E-state index in [-0.39, 0.29) is 36.7 Å². The monoisotopic (exact) mass is 388 g/mol. The molecule has 0 spiro atoms. The van der Waals surface area contributed by atoms with Crippen LogP contribution in [-0.2, 0) is 14.6 Å². The predicted molar refractivity (Wildman–Crippen MR) is 93.4 cm³/mol. The van der Waals surface area contributed by atoms with Crippen molar-refractivity contribution in [1.29, 1.82) is 0 Å². The number of likely N-dealkylation sites (tertiary alicyclic amines) is 1. The van der Waals surface area contributed by atoms with Crippen molar-refractivity contribution >= 4 is 15.9 Å². The molecule has 1 unspecified atom stereocenters. The first-order valence-corrected chi connectivity index (χ1v) is 9.95. The van der Waals surface area contributed by atoms with Crippen molar-refractivity contribution in [1.82, 2.24) is 9.88 Å². The SMILES string of the molecule is COc1ccc(S(=O)(=O)C(F)C2CCN(C(=O)OC(C)(C)C)CC2)cn1. The molecule has 1 saturated heterocycles. The molecule has 0 saturated carbocycles. The van der Waals surface area contributed by atoms with Gasteiger partial charge < -0.3 is 14.4 Å². The van der Waals surface area contributed by atoms with E-state index < -0.39 is 33.0 Å². The van der Waals surface area contributed by atoms with Gasteiger partial charge in [0, 0.05) is 31.3 Å². The summed E-state index contributed by atoms with van der Waals surface area (Å²) in [7, 11) is -2.74. The summed E-state index contributed by atoms with van der Waals surface area (Å²) in [6, 6.07) is 2.66. The number of aromatic nitrogens is 1. The van der Waals surface area contributed by atoms with Crippen molar-refractivity contribution in [3.8, 4) is 5.88 Å². The largest absolute Gasteiger partial charge is 0.481 e. The molecule has 7 nitrogen and oxygen atoms in total. The molecule has 0 N–H and O–H groups in total. The lowest BCUT2D eigenvalue weighted by atomic mass is 9.98. The minimum Gasteiger partial charge on any atom is -0.481 e. The average Bonchev–Trinajstić information content (AvgIpc) is 2.59. The Kier molecular flexibility index (Phi) is 6.10. The molecule has 1 atom stereocenters. The zero-order valence-corrected chi connectivity index (χ0v) is 16.3. The number of pyridine rings is 1. The first-order chi connectivity index (χ1) is 12.0. The van der Waals surface area contributed by atoms with E-state index in [1.807, 2.05) is 0 Å². The van der Waals surface area contributed by atoms with Gasteiger partial charge in [0.15, 0.2) is 0 Å². The number of ether oxygens (including phenoxy) is 2. The number of rotatable bonds is 4. The number of halogens is 1. The maximum Gasteiger partial charge on any atom is 0.410 e. The number of amides is 1. The number of nitrogens with zero attached hydrogens (tertiary/aromatic N) is 2. The van der Waals surface area contributed by atoms with E-state index >= 15 is 0 Å². The standard InChI is InChI=1S/C17H25FN2O5S/c1-17(2,3)25-16(21)20-9-7-12(8-10-20)15(18)26(22,23)13-5-6-14(24-4)19-11-13/h5-6,11-12,15H,7-10H2,1-4H3. The Hall–Kier alpha value is -1.90. The lowest BCUT2D eigenvalue weighted by Gasteiger charge is -2.34. The second kappa shape index (κ2) is 7.77. The number of carbonyl (C=O) groups is 1. The van der Waals surface area contributed by atoms with Crippen LogP contribution in [0.4, 0.5) is 9.18 Å². The van der Waals surface area contributed by atoms with Crippen molar-refractivity contribution in [2.75, 3.05) is 20.2 Å². The molecule has 2 heterocycles. The number of sulfone groups is 1. The first-order valence-electron chi connectivity index (χ1n) is 8.40. The number of hydrogen-bond acceptors (Lipinski definition) is 6. The van der Waals surface area contributed by atoms with Gasteiger partial charge in [0.05, 0.1) is 12.0 Å². The normalized spacial score (nSPS) is 17.7. The van der Waals surface area contributed by atoms with E-state index in [1.54, 1.807) is 20.8 Å². The van der Waals surface area contributed by atoms with Crippen LogP contribution in [0.25, 0.3) is 0 Å². The third kappa shape index (κ3) is 4.84. The summed E-state index contributed by atoms with van der Waals surface area (Å²) in [6.45, 7) is 5.83. The molecule has 1 aliphatic rings. The van der Waals surface area contributed by atoms with Crippen molar-refractivity contribution in [3.63, 3.8) is 0 Å². The number of alkyl halides is 1. The van der Waals surface area contributed by atoms with Gasteiger partial charge in [-0.2, -0.15) is 0 Å². The van der Waals surface area contributed by atoms with E-state index in [0.29, 0.717) is 0 Å². The summed E-state index contributed by atoms with van der Waals surface area (Å²) in [4.78, 5) is 17.2. The second-order valence-electron chi connectivity index (χ2n) is 7.24. The third-order valence-electron chi connectivity index (χ3n) is 4.11. The summed E-state index contributed by atoms with van der Waals surface area (Å²) < 4.78 is 49.9. The lowest BCUT2D eigenvalue weighted by molar-refractivity contribution is 0.0167. The first kappa shape index (κ1) is 20.4. The molecule has 0 aromatic carbocycles. The van der Waals surface area contributed by atoms with E-state index in [4.69, 9.17) is 9.47 Å². The van der Waals surface area contributed by atoms with Gasteiger partial charge in [-0.25, -0.2) is 22.6 Å². The molecule has 0 bridgehead atoms. The Balaban J connectivity index is 2.00. The second-order valence-corrected chi connectivity index (χ2v) is 9.25. The molecule has 2 rings (SSSR count). The van der Waals surface area contributed by atoms with E-state index in [0.717, 1.165) is 6.20 Å². The van der Waals surface area contributed by atoms with E-state index in [1.165, 1.54) is 24.1 Å². The summed E-state index contributed by atoms with van der Waals surface area (Å²) in [5.74, 6) is -0.425. The summed E-state index contributed by atoms with van der Waals surface area (Å²) in [5, 5.41) is 0. The summed E-state index contributed by atoms with van der Waals surface area (Å²) >= 11 is 0. The highest BCUT2D eigenvalue weighted by molar-refractivity contribution is 7.91. The molecule has 0 radical (unpaired) electrons. The fourth-order valence-corrected chi connectivity index (χ4v) is 4.21. The van der Waals surface area contributed by atoms with Crippen LogP contribution >= 0.6 is 0 Å². The van der Waals surface area contributed by atoms with Crippen LogP contribution in [0.2, 0.25) is 0 Å². The predicted octanol–water partition coefficient (Wildman–Crippen LogP) is 2.81. The summed E-state index contributed by atoms with van der Waals surface area (Å²) in [6.07, 6.45) is 1.14. The van der Waals surface area contributed by atoms with Gasteiger partial charge in [0.1, 0.15) is 5.60 Å². The van der Waals surface area contributed by atoms with Crippen molar-refractivity contribution in [2.24, 2.45) is 5.92 Å². The molecule has 1 amide bonds. The fraction of sp³-hybridized carbons (Fsp3) is 0.647.